The molecule has 10 atom stereocenters. The summed E-state index contributed by atoms with van der Waals surface area (Å²) in [4.78, 5) is 24.4. The van der Waals surface area contributed by atoms with E-state index < -0.39 is 5.97 Å². The molecule has 0 aliphatic heterocycles. The summed E-state index contributed by atoms with van der Waals surface area (Å²) in [6.45, 7) is 7.79. The first-order chi connectivity index (χ1) is 18.5. The van der Waals surface area contributed by atoms with Crippen molar-refractivity contribution in [1.82, 2.24) is 5.32 Å². The average molecular weight is 546 g/mol. The Morgan fingerprint density at radius 3 is 2.31 bits per heavy atom. The molecule has 5 aliphatic rings. The third-order valence-corrected chi connectivity index (χ3v) is 13.3. The number of fused-ring (bicyclic) bond motifs is 5. The predicted molar refractivity (Wildman–Crippen MR) is 152 cm³/mol. The molecule has 0 unspecified atom stereocenters. The number of aliphatic hydroxyl groups is 2. The van der Waals surface area contributed by atoms with Gasteiger partial charge in [-0.15, -0.1) is 0 Å². The highest BCUT2D eigenvalue weighted by Gasteiger charge is 2.62. The third kappa shape index (κ3) is 5.55. The van der Waals surface area contributed by atoms with Crippen LogP contribution in [0.2, 0.25) is 0 Å². The van der Waals surface area contributed by atoms with Crippen LogP contribution in [-0.2, 0) is 9.59 Å². The number of aliphatic carboxylic acids is 1. The Morgan fingerprint density at radius 1 is 0.897 bits per heavy atom. The van der Waals surface area contributed by atoms with Crippen molar-refractivity contribution in [2.24, 2.45) is 51.8 Å². The summed E-state index contributed by atoms with van der Waals surface area (Å²) in [5, 5.41) is 34.4. The van der Waals surface area contributed by atoms with E-state index in [0.717, 1.165) is 64.2 Å². The van der Waals surface area contributed by atoms with Crippen molar-refractivity contribution in [2.75, 3.05) is 6.54 Å². The lowest BCUT2D eigenvalue weighted by Gasteiger charge is -2.62. The number of hydrogen-bond donors (Lipinski definition) is 4. The van der Waals surface area contributed by atoms with Crippen LogP contribution in [0.4, 0.5) is 0 Å². The Morgan fingerprint density at radius 2 is 1.59 bits per heavy atom. The summed E-state index contributed by atoms with van der Waals surface area (Å²) in [5.74, 6) is 2.29. The Kier molecular flexibility index (Phi) is 8.48. The number of rotatable bonds is 8. The standard InChI is InChI=1S/C33H55NO5/c1-21(7-10-28(37)34-20-33(19-29(38)39)13-5-4-6-14-33)24-8-9-25-30-26(12-16-32(24,25)3)31(2)15-11-23(35)17-22(31)18-27(30)36/h21-27,30,35-36H,4-20H2,1-3H3,(H,34,37)(H,38,39)/t21-,22+,23-,24-,25+,26+,27-,30+,31+,32-/m1/s1. The van der Waals surface area contributed by atoms with Crippen LogP contribution in [0.1, 0.15) is 124 Å². The van der Waals surface area contributed by atoms with Gasteiger partial charge in [-0.25, -0.2) is 0 Å². The van der Waals surface area contributed by atoms with Gasteiger partial charge in [-0.3, -0.25) is 9.59 Å². The van der Waals surface area contributed by atoms with Gasteiger partial charge in [0.2, 0.25) is 5.91 Å². The lowest BCUT2D eigenvalue weighted by molar-refractivity contribution is -0.174. The van der Waals surface area contributed by atoms with Crippen molar-refractivity contribution < 1.29 is 24.9 Å². The van der Waals surface area contributed by atoms with Gasteiger partial charge in [0.05, 0.1) is 18.6 Å². The number of carbonyl (C=O) groups is 2. The van der Waals surface area contributed by atoms with Crippen molar-refractivity contribution in [1.29, 1.82) is 0 Å². The zero-order valence-electron chi connectivity index (χ0n) is 24.8. The van der Waals surface area contributed by atoms with Gasteiger partial charge in [0.1, 0.15) is 0 Å². The zero-order valence-corrected chi connectivity index (χ0v) is 24.8. The van der Waals surface area contributed by atoms with Gasteiger partial charge in [0.25, 0.3) is 0 Å². The van der Waals surface area contributed by atoms with E-state index in [0.29, 0.717) is 48.5 Å². The number of amides is 1. The topological polar surface area (TPSA) is 107 Å². The summed E-state index contributed by atoms with van der Waals surface area (Å²) in [7, 11) is 0. The predicted octanol–water partition coefficient (Wildman–Crippen LogP) is 5.93. The number of carbonyl (C=O) groups excluding carboxylic acids is 1. The fourth-order valence-electron chi connectivity index (χ4n) is 11.1. The summed E-state index contributed by atoms with van der Waals surface area (Å²) < 4.78 is 0. The molecule has 4 N–H and O–H groups in total. The lowest BCUT2D eigenvalue weighted by Crippen LogP contribution is -2.58. The van der Waals surface area contributed by atoms with Crippen LogP contribution >= 0.6 is 0 Å². The summed E-state index contributed by atoms with van der Waals surface area (Å²) in [5.41, 5.74) is 0.203. The number of carboxylic acid groups (broad SMARTS) is 1. The second-order valence-electron chi connectivity index (χ2n) is 15.4. The number of aliphatic hydroxyl groups excluding tert-OH is 2. The van der Waals surface area contributed by atoms with E-state index in [1.54, 1.807) is 0 Å². The molecule has 6 nitrogen and oxygen atoms in total. The highest BCUT2D eigenvalue weighted by Crippen LogP contribution is 2.68. The van der Waals surface area contributed by atoms with Crippen LogP contribution in [0.15, 0.2) is 0 Å². The Bertz CT molecular complexity index is 901. The molecule has 6 heteroatoms. The SMILES string of the molecule is C[C@H](CCC(=O)NCC1(CC(=O)O)CCCCC1)[C@H]1CC[C@H]2[C@@H]3[C@H](O)C[C@@H]4C[C@H](O)CC[C@]4(C)[C@H]3CC[C@]12C. The van der Waals surface area contributed by atoms with Crippen LogP contribution < -0.4 is 5.32 Å². The number of carboxylic acids is 1. The molecule has 0 aromatic heterocycles. The molecule has 1 amide bonds. The van der Waals surface area contributed by atoms with E-state index in [4.69, 9.17) is 0 Å². The smallest absolute Gasteiger partial charge is 0.303 e. The molecule has 222 valence electrons. The maximum absolute atomic E-state index is 12.9. The molecular weight excluding hydrogens is 490 g/mol. The molecule has 0 aromatic rings. The first-order valence-electron chi connectivity index (χ1n) is 16.3. The van der Waals surface area contributed by atoms with Gasteiger partial charge in [0.15, 0.2) is 0 Å². The first-order valence-corrected chi connectivity index (χ1v) is 16.3. The van der Waals surface area contributed by atoms with Gasteiger partial charge in [0, 0.05) is 13.0 Å². The molecule has 0 saturated heterocycles. The highest BCUT2D eigenvalue weighted by molar-refractivity contribution is 5.76. The van der Waals surface area contributed by atoms with Crippen molar-refractivity contribution in [3.63, 3.8) is 0 Å². The van der Waals surface area contributed by atoms with Crippen molar-refractivity contribution in [3.8, 4) is 0 Å². The Labute approximate surface area is 236 Å². The Balaban J connectivity index is 1.18. The molecule has 5 rings (SSSR count). The van der Waals surface area contributed by atoms with Crippen molar-refractivity contribution in [2.45, 2.75) is 136 Å². The van der Waals surface area contributed by atoms with E-state index in [1.165, 1.54) is 25.7 Å². The van der Waals surface area contributed by atoms with Crippen LogP contribution in [0.5, 0.6) is 0 Å². The second-order valence-corrected chi connectivity index (χ2v) is 15.4. The molecule has 5 aliphatic carbocycles. The van der Waals surface area contributed by atoms with Gasteiger partial charge in [-0.2, -0.15) is 0 Å². The van der Waals surface area contributed by atoms with Crippen LogP contribution in [0, 0.1) is 51.8 Å². The molecule has 39 heavy (non-hydrogen) atoms. The van der Waals surface area contributed by atoms with Crippen LogP contribution in [0.3, 0.4) is 0 Å². The first kappa shape index (κ1) is 29.4. The number of nitrogens with one attached hydrogen (secondary N) is 1. The minimum absolute atomic E-state index is 0.0711. The second kappa shape index (κ2) is 11.3. The maximum Gasteiger partial charge on any atom is 0.303 e. The van der Waals surface area contributed by atoms with Gasteiger partial charge in [-0.1, -0.05) is 40.0 Å². The zero-order chi connectivity index (χ0) is 28.0. The summed E-state index contributed by atoms with van der Waals surface area (Å²) in [6.07, 6.45) is 14.7. The van der Waals surface area contributed by atoms with Crippen molar-refractivity contribution >= 4 is 11.9 Å². The molecule has 0 bridgehead atoms. The monoisotopic (exact) mass is 545 g/mol. The average Bonchev–Trinajstić information content (AvgIpc) is 3.24. The van der Waals surface area contributed by atoms with Gasteiger partial charge >= 0.3 is 5.97 Å². The quantitative estimate of drug-likeness (QED) is 0.302. The van der Waals surface area contributed by atoms with E-state index >= 15 is 0 Å². The molecule has 0 radical (unpaired) electrons. The minimum Gasteiger partial charge on any atom is -0.481 e. The summed E-state index contributed by atoms with van der Waals surface area (Å²) in [6, 6.07) is 0. The highest BCUT2D eigenvalue weighted by atomic mass is 16.4. The van der Waals surface area contributed by atoms with Gasteiger partial charge < -0.3 is 20.6 Å². The van der Waals surface area contributed by atoms with Crippen LogP contribution in [0.25, 0.3) is 0 Å². The molecular formula is C33H55NO5. The molecule has 5 fully saturated rings. The lowest BCUT2D eigenvalue weighted by atomic mass is 9.43. The molecule has 0 spiro atoms. The van der Waals surface area contributed by atoms with E-state index in [2.05, 4.69) is 26.1 Å². The molecule has 0 heterocycles. The van der Waals surface area contributed by atoms with E-state index in [1.807, 2.05) is 0 Å². The fourth-order valence-corrected chi connectivity index (χ4v) is 11.1. The maximum atomic E-state index is 12.9. The van der Waals surface area contributed by atoms with E-state index in [-0.39, 0.29) is 40.8 Å². The third-order valence-electron chi connectivity index (χ3n) is 13.3. The molecule has 0 aromatic carbocycles. The van der Waals surface area contributed by atoms with Crippen molar-refractivity contribution in [3.05, 3.63) is 0 Å². The fraction of sp³-hybridized carbons (Fsp3) is 0.939. The van der Waals surface area contributed by atoms with Gasteiger partial charge in [-0.05, 0) is 122 Å². The minimum atomic E-state index is -0.757. The Hall–Kier alpha value is -1.14. The molecule has 5 saturated carbocycles. The largest absolute Gasteiger partial charge is 0.481 e. The summed E-state index contributed by atoms with van der Waals surface area (Å²) >= 11 is 0. The number of hydrogen-bond acceptors (Lipinski definition) is 4. The normalized spacial score (nSPS) is 44.0. The van der Waals surface area contributed by atoms with E-state index in [9.17, 15) is 24.9 Å². The van der Waals surface area contributed by atoms with Crippen LogP contribution in [-0.4, -0.2) is 45.9 Å².